The average Bonchev–Trinajstić information content (AvgIpc) is 3.65. The van der Waals surface area contributed by atoms with Gasteiger partial charge < -0.3 is 20.1 Å². The Kier molecular flexibility index (Phi) is 8.45. The average molecular weight is 481 g/mol. The first kappa shape index (κ1) is 26.7. The van der Waals surface area contributed by atoms with Crippen molar-refractivity contribution in [2.75, 3.05) is 6.61 Å². The largest absolute Gasteiger partial charge is 0.421 e. The molecule has 1 unspecified atom stereocenters. The molecule has 0 amide bonds. The minimum absolute atomic E-state index is 0.144. The maximum atomic E-state index is 13.1. The molecule has 34 heavy (non-hydrogen) atoms. The van der Waals surface area contributed by atoms with Gasteiger partial charge in [-0.25, -0.2) is 0 Å². The summed E-state index contributed by atoms with van der Waals surface area (Å²) in [6.45, 7) is 4.61. The molecule has 2 fully saturated rings. The number of benzene rings is 2. The SMILES string of the molecule is CC.CC(O)(c1ccc(Cc2cc([C@H]3C[C@@H](O)C[C@@H](CO)O3)ccc2C2CC2)cc1)C(F)(F)F. The van der Waals surface area contributed by atoms with E-state index in [1.165, 1.54) is 17.7 Å². The van der Waals surface area contributed by atoms with Crippen molar-refractivity contribution in [3.8, 4) is 0 Å². The molecule has 0 radical (unpaired) electrons. The molecule has 2 aromatic rings. The molecular formula is C27H35F3O4. The summed E-state index contributed by atoms with van der Waals surface area (Å²) in [5, 5.41) is 29.5. The third-order valence-electron chi connectivity index (χ3n) is 6.60. The summed E-state index contributed by atoms with van der Waals surface area (Å²) in [4.78, 5) is 0. The molecule has 1 saturated carbocycles. The van der Waals surface area contributed by atoms with Crippen molar-refractivity contribution in [1.29, 1.82) is 0 Å². The summed E-state index contributed by atoms with van der Waals surface area (Å²) in [5.41, 5.74) is 1.01. The van der Waals surface area contributed by atoms with Crippen molar-refractivity contribution in [2.45, 2.75) is 88.9 Å². The zero-order chi connectivity index (χ0) is 25.1. The first-order chi connectivity index (χ1) is 16.1. The molecule has 0 bridgehead atoms. The lowest BCUT2D eigenvalue weighted by molar-refractivity contribution is -0.258. The molecule has 4 rings (SSSR count). The number of rotatable bonds is 6. The fourth-order valence-electron chi connectivity index (χ4n) is 4.42. The number of hydrogen-bond donors (Lipinski definition) is 3. The first-order valence-electron chi connectivity index (χ1n) is 12.0. The molecule has 1 aliphatic carbocycles. The summed E-state index contributed by atoms with van der Waals surface area (Å²) in [6, 6.07) is 12.1. The van der Waals surface area contributed by atoms with Crippen LogP contribution in [0, 0.1) is 0 Å². The fraction of sp³-hybridized carbons (Fsp3) is 0.556. The third kappa shape index (κ3) is 6.00. The molecule has 1 aliphatic heterocycles. The maximum absolute atomic E-state index is 13.1. The minimum atomic E-state index is -4.75. The highest BCUT2D eigenvalue weighted by Gasteiger charge is 2.51. The summed E-state index contributed by atoms with van der Waals surface area (Å²) in [6.07, 6.45) is -2.35. The van der Waals surface area contributed by atoms with E-state index >= 15 is 0 Å². The van der Waals surface area contributed by atoms with E-state index in [0.29, 0.717) is 25.2 Å². The number of ether oxygens (including phenoxy) is 1. The number of aliphatic hydroxyl groups excluding tert-OH is 2. The van der Waals surface area contributed by atoms with Crippen LogP contribution in [0.15, 0.2) is 42.5 Å². The van der Waals surface area contributed by atoms with Crippen molar-refractivity contribution in [1.82, 2.24) is 0 Å². The van der Waals surface area contributed by atoms with Crippen molar-refractivity contribution in [3.63, 3.8) is 0 Å². The van der Waals surface area contributed by atoms with Crippen LogP contribution in [0.2, 0.25) is 0 Å². The van der Waals surface area contributed by atoms with Crippen LogP contribution in [0.1, 0.15) is 86.3 Å². The molecule has 1 heterocycles. The van der Waals surface area contributed by atoms with Crippen molar-refractivity contribution >= 4 is 0 Å². The molecule has 2 aromatic carbocycles. The lowest BCUT2D eigenvalue weighted by atomic mass is 9.89. The van der Waals surface area contributed by atoms with Crippen LogP contribution in [0.25, 0.3) is 0 Å². The molecule has 3 N–H and O–H groups in total. The highest BCUT2D eigenvalue weighted by atomic mass is 19.4. The highest BCUT2D eigenvalue weighted by molar-refractivity contribution is 5.41. The smallest absolute Gasteiger partial charge is 0.394 e. The Morgan fingerprint density at radius 1 is 1.00 bits per heavy atom. The molecular weight excluding hydrogens is 445 g/mol. The Labute approximate surface area is 199 Å². The van der Waals surface area contributed by atoms with E-state index in [4.69, 9.17) is 4.74 Å². The summed E-state index contributed by atoms with van der Waals surface area (Å²) >= 11 is 0. The summed E-state index contributed by atoms with van der Waals surface area (Å²) in [5.74, 6) is 0.493. The van der Waals surface area contributed by atoms with Crippen LogP contribution in [-0.4, -0.2) is 40.3 Å². The molecule has 4 nitrogen and oxygen atoms in total. The van der Waals surface area contributed by atoms with Gasteiger partial charge in [0.05, 0.1) is 24.9 Å². The Balaban J connectivity index is 0.00000158. The van der Waals surface area contributed by atoms with E-state index in [1.54, 1.807) is 12.1 Å². The minimum Gasteiger partial charge on any atom is -0.394 e. The van der Waals surface area contributed by atoms with Gasteiger partial charge in [0.1, 0.15) is 0 Å². The van der Waals surface area contributed by atoms with Gasteiger partial charge in [0.2, 0.25) is 0 Å². The highest BCUT2D eigenvalue weighted by Crippen LogP contribution is 2.44. The van der Waals surface area contributed by atoms with E-state index in [9.17, 15) is 28.5 Å². The predicted octanol–water partition coefficient (Wildman–Crippen LogP) is 5.52. The van der Waals surface area contributed by atoms with Gasteiger partial charge in [-0.1, -0.05) is 56.3 Å². The Morgan fingerprint density at radius 3 is 2.21 bits per heavy atom. The van der Waals surface area contributed by atoms with Crippen LogP contribution >= 0.6 is 0 Å². The second-order valence-corrected chi connectivity index (χ2v) is 9.23. The Bertz CT molecular complexity index is 936. The Hall–Kier alpha value is -1.93. The van der Waals surface area contributed by atoms with Gasteiger partial charge in [0.25, 0.3) is 0 Å². The number of hydrogen-bond acceptors (Lipinski definition) is 4. The first-order valence-corrected chi connectivity index (χ1v) is 12.0. The second-order valence-electron chi connectivity index (χ2n) is 9.23. The van der Waals surface area contributed by atoms with Gasteiger partial charge in [0.15, 0.2) is 5.60 Å². The summed E-state index contributed by atoms with van der Waals surface area (Å²) < 4.78 is 45.3. The predicted molar refractivity (Wildman–Crippen MR) is 125 cm³/mol. The number of aliphatic hydroxyl groups is 3. The summed E-state index contributed by atoms with van der Waals surface area (Å²) in [7, 11) is 0. The van der Waals surface area contributed by atoms with Gasteiger partial charge in [-0.2, -0.15) is 13.2 Å². The quantitative estimate of drug-likeness (QED) is 0.509. The third-order valence-corrected chi connectivity index (χ3v) is 6.60. The fourth-order valence-corrected chi connectivity index (χ4v) is 4.42. The van der Waals surface area contributed by atoms with Crippen LogP contribution < -0.4 is 0 Å². The monoisotopic (exact) mass is 480 g/mol. The molecule has 0 aromatic heterocycles. The van der Waals surface area contributed by atoms with Crippen LogP contribution in [0.3, 0.4) is 0 Å². The molecule has 0 spiro atoms. The standard InChI is InChI=1S/C25H29F3O4.C2H6/c1-24(31,25(26,27)28)19-7-2-15(3-8-19)10-18-11-17(6-9-22(18)16-4-5-16)23-13-20(30)12-21(14-29)32-23;1-2/h2-3,6-9,11,16,20-21,23,29-31H,4-5,10,12-14H2,1H3;1-2H3/t20-,21-,23+,24?;/m0./s1. The zero-order valence-electron chi connectivity index (χ0n) is 20.0. The maximum Gasteiger partial charge on any atom is 0.421 e. The molecule has 188 valence electrons. The molecule has 2 aliphatic rings. The zero-order valence-corrected chi connectivity index (χ0v) is 20.0. The van der Waals surface area contributed by atoms with Gasteiger partial charge in [-0.05, 0) is 59.9 Å². The van der Waals surface area contributed by atoms with Crippen molar-refractivity contribution in [3.05, 3.63) is 70.3 Å². The van der Waals surface area contributed by atoms with E-state index in [1.807, 2.05) is 19.9 Å². The van der Waals surface area contributed by atoms with Crippen LogP contribution in [0.4, 0.5) is 13.2 Å². The van der Waals surface area contributed by atoms with Gasteiger partial charge in [-0.15, -0.1) is 0 Å². The lowest BCUT2D eigenvalue weighted by Gasteiger charge is -2.33. The van der Waals surface area contributed by atoms with E-state index < -0.39 is 24.0 Å². The van der Waals surface area contributed by atoms with Crippen LogP contribution in [0.5, 0.6) is 0 Å². The topological polar surface area (TPSA) is 69.9 Å². The second kappa shape index (κ2) is 10.8. The van der Waals surface area contributed by atoms with Gasteiger partial charge in [-0.3, -0.25) is 0 Å². The lowest BCUT2D eigenvalue weighted by Crippen LogP contribution is -2.39. The molecule has 1 saturated heterocycles. The van der Waals surface area contributed by atoms with Crippen molar-refractivity contribution in [2.24, 2.45) is 0 Å². The van der Waals surface area contributed by atoms with Gasteiger partial charge in [0, 0.05) is 12.8 Å². The Morgan fingerprint density at radius 2 is 1.65 bits per heavy atom. The molecule has 4 atom stereocenters. The van der Waals surface area contributed by atoms with E-state index in [0.717, 1.165) is 36.5 Å². The number of alkyl halides is 3. The van der Waals surface area contributed by atoms with Crippen molar-refractivity contribution < 1.29 is 33.2 Å². The van der Waals surface area contributed by atoms with Crippen LogP contribution in [-0.2, 0) is 16.8 Å². The molecule has 7 heteroatoms. The van der Waals surface area contributed by atoms with E-state index in [-0.39, 0.29) is 18.3 Å². The normalized spacial score (nSPS) is 24.7. The number of halogens is 3. The van der Waals surface area contributed by atoms with E-state index in [2.05, 4.69) is 12.1 Å². The van der Waals surface area contributed by atoms with Gasteiger partial charge >= 0.3 is 6.18 Å².